The molecular formula is C15H26N2OS. The molecule has 3 nitrogen and oxygen atoms in total. The minimum absolute atomic E-state index is 0.178. The predicted molar refractivity (Wildman–Crippen MR) is 80.9 cm³/mol. The lowest BCUT2D eigenvalue weighted by atomic mass is 9.98. The number of hydrogen-bond donors (Lipinski definition) is 0. The third-order valence-electron chi connectivity index (χ3n) is 3.35. The summed E-state index contributed by atoms with van der Waals surface area (Å²) in [5, 5.41) is 1.28. The van der Waals surface area contributed by atoms with Gasteiger partial charge >= 0.3 is 0 Å². The summed E-state index contributed by atoms with van der Waals surface area (Å²) in [4.78, 5) is 8.78. The van der Waals surface area contributed by atoms with Gasteiger partial charge in [-0.05, 0) is 6.42 Å². The number of rotatable bonds is 5. The molecule has 0 saturated heterocycles. The van der Waals surface area contributed by atoms with Crippen molar-refractivity contribution in [2.24, 2.45) is 0 Å². The van der Waals surface area contributed by atoms with E-state index in [1.807, 2.05) is 11.3 Å². The second kappa shape index (κ2) is 6.33. The fourth-order valence-electron chi connectivity index (χ4n) is 2.20. The van der Waals surface area contributed by atoms with Crippen molar-refractivity contribution in [3.8, 4) is 0 Å². The van der Waals surface area contributed by atoms with Crippen LogP contribution in [0.5, 0.6) is 0 Å². The van der Waals surface area contributed by atoms with E-state index in [-0.39, 0.29) is 5.41 Å². The number of ether oxygens (including phenoxy) is 1. The highest BCUT2D eigenvalue weighted by Gasteiger charge is 2.25. The van der Waals surface area contributed by atoms with Crippen molar-refractivity contribution in [2.75, 3.05) is 26.3 Å². The zero-order valence-corrected chi connectivity index (χ0v) is 13.5. The van der Waals surface area contributed by atoms with E-state index >= 15 is 0 Å². The van der Waals surface area contributed by atoms with Crippen LogP contribution in [-0.4, -0.2) is 36.2 Å². The van der Waals surface area contributed by atoms with E-state index in [0.717, 1.165) is 45.7 Å². The lowest BCUT2D eigenvalue weighted by molar-refractivity contribution is 0.0999. The topological polar surface area (TPSA) is 25.4 Å². The van der Waals surface area contributed by atoms with Gasteiger partial charge in [0, 0.05) is 43.0 Å². The average molecular weight is 282 g/mol. The van der Waals surface area contributed by atoms with Crippen molar-refractivity contribution in [1.29, 1.82) is 0 Å². The molecule has 108 valence electrons. The van der Waals surface area contributed by atoms with Crippen LogP contribution in [0.1, 0.15) is 49.7 Å². The molecule has 4 heteroatoms. The van der Waals surface area contributed by atoms with E-state index in [9.17, 15) is 0 Å². The van der Waals surface area contributed by atoms with Crippen LogP contribution in [-0.2, 0) is 23.1 Å². The molecule has 0 spiro atoms. The van der Waals surface area contributed by atoms with Crippen LogP contribution in [0.4, 0.5) is 0 Å². The third-order valence-corrected chi connectivity index (χ3v) is 4.86. The molecule has 0 bridgehead atoms. The summed E-state index contributed by atoms with van der Waals surface area (Å²) >= 11 is 1.90. The van der Waals surface area contributed by atoms with Crippen molar-refractivity contribution in [2.45, 2.75) is 52.5 Å². The number of thiazole rings is 1. The average Bonchev–Trinajstić information content (AvgIpc) is 2.77. The number of fused-ring (bicyclic) bond motifs is 1. The van der Waals surface area contributed by atoms with E-state index in [4.69, 9.17) is 9.72 Å². The number of nitrogens with zero attached hydrogens (tertiary/aromatic N) is 2. The van der Waals surface area contributed by atoms with Gasteiger partial charge in [0.25, 0.3) is 0 Å². The maximum atomic E-state index is 5.58. The zero-order chi connectivity index (χ0) is 13.9. The van der Waals surface area contributed by atoms with Crippen LogP contribution in [0.2, 0.25) is 0 Å². The number of hydrogen-bond acceptors (Lipinski definition) is 4. The van der Waals surface area contributed by atoms with Crippen LogP contribution in [0.3, 0.4) is 0 Å². The van der Waals surface area contributed by atoms with Gasteiger partial charge in [-0.25, -0.2) is 4.98 Å². The van der Waals surface area contributed by atoms with Crippen LogP contribution in [0.25, 0.3) is 0 Å². The number of aromatic nitrogens is 1. The highest BCUT2D eigenvalue weighted by Crippen LogP contribution is 2.32. The summed E-state index contributed by atoms with van der Waals surface area (Å²) in [6.07, 6.45) is 2.20. The molecule has 0 aromatic carbocycles. The SMILES string of the molecule is CCCOCCN1CCc2nc(C(C)(C)C)sc2C1. The molecule has 0 amide bonds. The Hall–Kier alpha value is -0.450. The Balaban J connectivity index is 1.90. The fraction of sp³-hybridized carbons (Fsp3) is 0.800. The van der Waals surface area contributed by atoms with E-state index in [0.29, 0.717) is 0 Å². The summed E-state index contributed by atoms with van der Waals surface area (Å²) < 4.78 is 5.58. The maximum Gasteiger partial charge on any atom is 0.0985 e. The van der Waals surface area contributed by atoms with Crippen LogP contribution < -0.4 is 0 Å². The normalized spacial score (nSPS) is 16.6. The molecule has 0 fully saturated rings. The quantitative estimate of drug-likeness (QED) is 0.775. The molecule has 1 aliphatic rings. The summed E-state index contributed by atoms with van der Waals surface area (Å²) in [6, 6.07) is 0. The van der Waals surface area contributed by atoms with Gasteiger partial charge in [-0.2, -0.15) is 0 Å². The monoisotopic (exact) mass is 282 g/mol. The van der Waals surface area contributed by atoms with Gasteiger partial charge in [0.2, 0.25) is 0 Å². The first kappa shape index (κ1) is 14.9. The molecule has 0 N–H and O–H groups in total. The molecule has 0 aliphatic carbocycles. The second-order valence-corrected chi connectivity index (χ2v) is 7.36. The van der Waals surface area contributed by atoms with Crippen molar-refractivity contribution in [3.05, 3.63) is 15.6 Å². The van der Waals surface area contributed by atoms with E-state index in [1.165, 1.54) is 15.6 Å². The lowest BCUT2D eigenvalue weighted by Gasteiger charge is -2.25. The largest absolute Gasteiger partial charge is 0.380 e. The molecule has 1 aromatic rings. The predicted octanol–water partition coefficient (Wildman–Crippen LogP) is 3.23. The molecule has 2 rings (SSSR count). The minimum atomic E-state index is 0.178. The first-order valence-electron chi connectivity index (χ1n) is 7.30. The van der Waals surface area contributed by atoms with Gasteiger partial charge in [-0.1, -0.05) is 27.7 Å². The van der Waals surface area contributed by atoms with Gasteiger partial charge in [0.15, 0.2) is 0 Å². The highest BCUT2D eigenvalue weighted by atomic mass is 32.1. The smallest absolute Gasteiger partial charge is 0.0985 e. The summed E-state index contributed by atoms with van der Waals surface area (Å²) in [6.45, 7) is 13.8. The molecule has 2 heterocycles. The van der Waals surface area contributed by atoms with Gasteiger partial charge in [-0.15, -0.1) is 11.3 Å². The van der Waals surface area contributed by atoms with E-state index < -0.39 is 0 Å². The summed E-state index contributed by atoms with van der Waals surface area (Å²) in [7, 11) is 0. The molecule has 0 radical (unpaired) electrons. The molecule has 0 atom stereocenters. The Morgan fingerprint density at radius 3 is 2.79 bits per heavy atom. The summed E-state index contributed by atoms with van der Waals surface area (Å²) in [5.41, 5.74) is 1.51. The van der Waals surface area contributed by atoms with Crippen LogP contribution in [0.15, 0.2) is 0 Å². The summed E-state index contributed by atoms with van der Waals surface area (Å²) in [5.74, 6) is 0. The molecular weight excluding hydrogens is 256 g/mol. The molecule has 1 aliphatic heterocycles. The molecule has 19 heavy (non-hydrogen) atoms. The van der Waals surface area contributed by atoms with Gasteiger partial charge in [0.05, 0.1) is 17.3 Å². The van der Waals surface area contributed by atoms with Crippen LogP contribution >= 0.6 is 11.3 Å². The second-order valence-electron chi connectivity index (χ2n) is 6.28. The highest BCUT2D eigenvalue weighted by molar-refractivity contribution is 7.11. The Morgan fingerprint density at radius 1 is 1.32 bits per heavy atom. The first-order valence-corrected chi connectivity index (χ1v) is 8.11. The first-order chi connectivity index (χ1) is 9.00. The van der Waals surface area contributed by atoms with Crippen molar-refractivity contribution in [1.82, 2.24) is 9.88 Å². The van der Waals surface area contributed by atoms with Crippen molar-refractivity contribution in [3.63, 3.8) is 0 Å². The Labute approximate surface area is 121 Å². The van der Waals surface area contributed by atoms with E-state index in [1.54, 1.807) is 0 Å². The van der Waals surface area contributed by atoms with Crippen molar-refractivity contribution < 1.29 is 4.74 Å². The molecule has 1 aromatic heterocycles. The maximum absolute atomic E-state index is 5.58. The fourth-order valence-corrected chi connectivity index (χ4v) is 3.41. The zero-order valence-electron chi connectivity index (χ0n) is 12.7. The van der Waals surface area contributed by atoms with Crippen molar-refractivity contribution >= 4 is 11.3 Å². The minimum Gasteiger partial charge on any atom is -0.380 e. The Morgan fingerprint density at radius 2 is 2.11 bits per heavy atom. The van der Waals surface area contributed by atoms with E-state index in [2.05, 4.69) is 32.6 Å². The third kappa shape index (κ3) is 4.01. The lowest BCUT2D eigenvalue weighted by Crippen LogP contribution is -2.32. The molecule has 0 saturated carbocycles. The molecule has 0 unspecified atom stereocenters. The van der Waals surface area contributed by atoms with Crippen LogP contribution in [0, 0.1) is 0 Å². The Bertz CT molecular complexity index is 409. The van der Waals surface area contributed by atoms with Gasteiger partial charge in [0.1, 0.15) is 0 Å². The van der Waals surface area contributed by atoms with Gasteiger partial charge < -0.3 is 4.74 Å². The Kier molecular flexibility index (Phi) is 4.98. The standard InChI is InChI=1S/C15H26N2OS/c1-5-9-18-10-8-17-7-6-12-13(11-17)19-14(16-12)15(2,3)4/h5-11H2,1-4H3. The van der Waals surface area contributed by atoms with Gasteiger partial charge in [-0.3, -0.25) is 4.90 Å².